The lowest BCUT2D eigenvalue weighted by atomic mass is 10.2. The van der Waals surface area contributed by atoms with Crippen molar-refractivity contribution in [3.05, 3.63) is 12.2 Å². The average molecular weight is 155 g/mol. The molecule has 0 aromatic carbocycles. The van der Waals surface area contributed by atoms with Crippen LogP contribution in [0, 0.1) is 5.92 Å². The van der Waals surface area contributed by atoms with Crippen LogP contribution >= 0.6 is 0 Å². The molecule has 0 aromatic heterocycles. The Morgan fingerprint density at radius 1 is 1.55 bits per heavy atom. The monoisotopic (exact) mass is 155 g/mol. The van der Waals surface area contributed by atoms with Crippen LogP contribution in [0.3, 0.4) is 0 Å². The molecule has 0 heterocycles. The smallest absolute Gasteiger partial charge is 0.244 e. The highest BCUT2D eigenvalue weighted by Gasteiger charge is 2.27. The molecule has 0 saturated heterocycles. The molecule has 0 unspecified atom stereocenters. The summed E-state index contributed by atoms with van der Waals surface area (Å²) in [5.41, 5.74) is 5.54. The summed E-state index contributed by atoms with van der Waals surface area (Å²) in [5.74, 6) is 0.0833. The summed E-state index contributed by atoms with van der Waals surface area (Å²) in [4.78, 5) is 10.3. The van der Waals surface area contributed by atoms with Gasteiger partial charge in [-0.2, -0.15) is 0 Å². The molecule has 0 aliphatic heterocycles. The van der Waals surface area contributed by atoms with Crippen LogP contribution in [-0.2, 0) is 4.79 Å². The van der Waals surface area contributed by atoms with Crippen LogP contribution < -0.4 is 5.73 Å². The number of hydrogen-bond donors (Lipinski definition) is 1. The van der Waals surface area contributed by atoms with Crippen LogP contribution in [0.4, 0.5) is 0 Å². The van der Waals surface area contributed by atoms with E-state index in [-0.39, 0.29) is 5.91 Å². The van der Waals surface area contributed by atoms with Crippen molar-refractivity contribution in [2.45, 2.75) is 33.1 Å². The van der Waals surface area contributed by atoms with Crippen molar-refractivity contribution in [2.24, 2.45) is 11.7 Å². The van der Waals surface area contributed by atoms with Crippen LogP contribution in [0.2, 0.25) is 0 Å². The Bertz CT molecular complexity index is 148. The lowest BCUT2D eigenvalue weighted by Gasteiger charge is -1.91. The molecule has 0 radical (unpaired) electrons. The normalized spacial score (nSPS) is 14.7. The van der Waals surface area contributed by atoms with Gasteiger partial charge in [0, 0.05) is 5.57 Å². The maximum Gasteiger partial charge on any atom is 0.244 e. The zero-order valence-electron chi connectivity index (χ0n) is 7.39. The van der Waals surface area contributed by atoms with Crippen LogP contribution in [-0.4, -0.2) is 5.91 Å². The Labute approximate surface area is 68.5 Å². The lowest BCUT2D eigenvalue weighted by Crippen LogP contribution is -2.13. The average Bonchev–Trinajstić information content (AvgIpc) is 2.69. The Morgan fingerprint density at radius 2 is 1.91 bits per heavy atom. The molecular weight excluding hydrogens is 138 g/mol. The summed E-state index contributed by atoms with van der Waals surface area (Å²) < 4.78 is 0. The number of amides is 1. The quantitative estimate of drug-likeness (QED) is 0.608. The molecule has 64 valence electrons. The van der Waals surface area contributed by atoms with E-state index in [0.29, 0.717) is 11.5 Å². The van der Waals surface area contributed by atoms with E-state index in [4.69, 9.17) is 5.73 Å². The maximum absolute atomic E-state index is 10.3. The van der Waals surface area contributed by atoms with Gasteiger partial charge in [-0.1, -0.05) is 26.8 Å². The fourth-order valence-corrected chi connectivity index (χ4v) is 0.633. The third kappa shape index (κ3) is 4.59. The SMILES string of the molecule is C=C(C(N)=O)C1CC1.CCC. The van der Waals surface area contributed by atoms with Gasteiger partial charge in [-0.05, 0) is 18.8 Å². The van der Waals surface area contributed by atoms with Crippen LogP contribution in [0.15, 0.2) is 12.2 Å². The van der Waals surface area contributed by atoms with E-state index in [1.807, 2.05) is 0 Å². The number of hydrogen-bond acceptors (Lipinski definition) is 1. The van der Waals surface area contributed by atoms with Crippen LogP contribution in [0.5, 0.6) is 0 Å². The van der Waals surface area contributed by atoms with E-state index < -0.39 is 0 Å². The standard InChI is InChI=1S/C6H9NO.C3H8/c1-4(6(7)8)5-2-3-5;1-3-2/h5H,1-3H2,(H2,7,8);3H2,1-2H3. The first-order valence-electron chi connectivity index (χ1n) is 4.12. The predicted octanol–water partition coefficient (Wildman–Crippen LogP) is 1.85. The van der Waals surface area contributed by atoms with Gasteiger partial charge < -0.3 is 5.73 Å². The molecule has 11 heavy (non-hydrogen) atoms. The van der Waals surface area contributed by atoms with Gasteiger partial charge in [-0.3, -0.25) is 4.79 Å². The fraction of sp³-hybridized carbons (Fsp3) is 0.667. The fourth-order valence-electron chi connectivity index (χ4n) is 0.633. The van der Waals surface area contributed by atoms with Gasteiger partial charge in [0.15, 0.2) is 0 Å². The van der Waals surface area contributed by atoms with Gasteiger partial charge in [0.05, 0.1) is 0 Å². The van der Waals surface area contributed by atoms with Crippen LogP contribution in [0.1, 0.15) is 33.1 Å². The maximum atomic E-state index is 10.3. The molecule has 1 amide bonds. The predicted molar refractivity (Wildman–Crippen MR) is 47.0 cm³/mol. The minimum atomic E-state index is -0.340. The van der Waals surface area contributed by atoms with Gasteiger partial charge in [0.25, 0.3) is 0 Å². The molecule has 1 saturated carbocycles. The van der Waals surface area contributed by atoms with E-state index >= 15 is 0 Å². The van der Waals surface area contributed by atoms with Gasteiger partial charge in [-0.15, -0.1) is 0 Å². The van der Waals surface area contributed by atoms with Gasteiger partial charge >= 0.3 is 0 Å². The van der Waals surface area contributed by atoms with Crippen molar-refractivity contribution in [3.63, 3.8) is 0 Å². The first-order chi connectivity index (χ1) is 5.13. The summed E-state index contributed by atoms with van der Waals surface area (Å²) in [6, 6.07) is 0. The van der Waals surface area contributed by atoms with E-state index in [1.54, 1.807) is 0 Å². The summed E-state index contributed by atoms with van der Waals surface area (Å²) >= 11 is 0. The van der Waals surface area contributed by atoms with E-state index in [9.17, 15) is 4.79 Å². The molecule has 1 rings (SSSR count). The van der Waals surface area contributed by atoms with Crippen molar-refractivity contribution < 1.29 is 4.79 Å². The summed E-state index contributed by atoms with van der Waals surface area (Å²) in [6.07, 6.45) is 3.45. The molecular formula is C9H17NO. The molecule has 0 bridgehead atoms. The Balaban J connectivity index is 0.000000292. The summed E-state index contributed by atoms with van der Waals surface area (Å²) in [7, 11) is 0. The third-order valence-corrected chi connectivity index (χ3v) is 1.39. The Hall–Kier alpha value is -0.790. The molecule has 2 nitrogen and oxygen atoms in total. The minimum absolute atomic E-state index is 0.340. The number of carbonyl (C=O) groups is 1. The first-order valence-corrected chi connectivity index (χ1v) is 4.12. The van der Waals surface area contributed by atoms with Crippen molar-refractivity contribution in [1.29, 1.82) is 0 Å². The van der Waals surface area contributed by atoms with E-state index in [1.165, 1.54) is 6.42 Å². The zero-order valence-corrected chi connectivity index (χ0v) is 7.39. The molecule has 2 N–H and O–H groups in total. The second-order valence-electron chi connectivity index (χ2n) is 2.87. The first kappa shape index (κ1) is 10.2. The van der Waals surface area contributed by atoms with Gasteiger partial charge in [-0.25, -0.2) is 0 Å². The number of primary amides is 1. The minimum Gasteiger partial charge on any atom is -0.366 e. The molecule has 1 fully saturated rings. The molecule has 0 atom stereocenters. The number of carbonyl (C=O) groups excluding carboxylic acids is 1. The molecule has 2 heteroatoms. The highest BCUT2D eigenvalue weighted by molar-refractivity contribution is 5.92. The molecule has 1 aliphatic rings. The lowest BCUT2D eigenvalue weighted by molar-refractivity contribution is -0.114. The third-order valence-electron chi connectivity index (χ3n) is 1.39. The topological polar surface area (TPSA) is 43.1 Å². The molecule has 0 spiro atoms. The van der Waals surface area contributed by atoms with Crippen LogP contribution in [0.25, 0.3) is 0 Å². The Morgan fingerprint density at radius 3 is 2.00 bits per heavy atom. The second-order valence-corrected chi connectivity index (χ2v) is 2.87. The highest BCUT2D eigenvalue weighted by atomic mass is 16.1. The van der Waals surface area contributed by atoms with Gasteiger partial charge in [0.2, 0.25) is 5.91 Å². The summed E-state index contributed by atoms with van der Waals surface area (Å²) in [5, 5.41) is 0. The van der Waals surface area contributed by atoms with Crippen molar-refractivity contribution >= 4 is 5.91 Å². The Kier molecular flexibility index (Phi) is 4.59. The van der Waals surface area contributed by atoms with Crippen molar-refractivity contribution in [2.75, 3.05) is 0 Å². The van der Waals surface area contributed by atoms with E-state index in [0.717, 1.165) is 12.8 Å². The van der Waals surface area contributed by atoms with Crippen molar-refractivity contribution in [1.82, 2.24) is 0 Å². The van der Waals surface area contributed by atoms with Crippen molar-refractivity contribution in [3.8, 4) is 0 Å². The van der Waals surface area contributed by atoms with E-state index in [2.05, 4.69) is 20.4 Å². The number of rotatable bonds is 2. The largest absolute Gasteiger partial charge is 0.366 e. The van der Waals surface area contributed by atoms with Gasteiger partial charge in [0.1, 0.15) is 0 Å². The zero-order chi connectivity index (χ0) is 8.85. The second kappa shape index (κ2) is 4.94. The number of nitrogens with two attached hydrogens (primary N) is 1. The highest BCUT2D eigenvalue weighted by Crippen LogP contribution is 2.34. The molecule has 0 aromatic rings. The molecule has 1 aliphatic carbocycles. The summed E-state index contributed by atoms with van der Waals surface area (Å²) in [6.45, 7) is 7.79.